The van der Waals surface area contributed by atoms with Crippen LogP contribution in [0.2, 0.25) is 0 Å². The van der Waals surface area contributed by atoms with Crippen LogP contribution in [0.5, 0.6) is 0 Å². The summed E-state index contributed by atoms with van der Waals surface area (Å²) in [6.07, 6.45) is -4.51. The number of primary amides is 1. The smallest absolute Gasteiger partial charge is 0.366 e. The lowest BCUT2D eigenvalue weighted by atomic mass is 9.96. The van der Waals surface area contributed by atoms with Crippen LogP contribution in [0.25, 0.3) is 0 Å². The van der Waals surface area contributed by atoms with E-state index in [4.69, 9.17) is 5.73 Å². The summed E-state index contributed by atoms with van der Waals surface area (Å²) in [7, 11) is -4.38. The molecule has 32 heavy (non-hydrogen) atoms. The van der Waals surface area contributed by atoms with E-state index in [9.17, 15) is 31.2 Å². The first-order valence-electron chi connectivity index (χ1n) is 9.79. The highest BCUT2D eigenvalue weighted by atomic mass is 32.2. The standard InChI is InChI=1S/C21H22F3N3O4S/c1-13-15(19(25)28)5-4-7-17(13)26-20(29)14-9-11-27(12-10-14)32(30,31)18-8-3-2-6-16(18)21(22,23)24/h2-8,14H,9-12H2,1H3,(H2,25,28)(H,26,29). The lowest BCUT2D eigenvalue weighted by molar-refractivity contribution is -0.139. The first kappa shape index (κ1) is 23.7. The van der Waals surface area contributed by atoms with Crippen LogP contribution in [-0.4, -0.2) is 37.6 Å². The number of nitrogens with one attached hydrogen (secondary N) is 1. The summed E-state index contributed by atoms with van der Waals surface area (Å²) in [5.41, 5.74) is 5.29. The van der Waals surface area contributed by atoms with Crippen LogP contribution in [0.3, 0.4) is 0 Å². The summed E-state index contributed by atoms with van der Waals surface area (Å²) >= 11 is 0. The molecule has 0 bridgehead atoms. The number of sulfonamides is 1. The Kier molecular flexibility index (Phi) is 6.61. The number of alkyl halides is 3. The van der Waals surface area contributed by atoms with Gasteiger partial charge in [-0.25, -0.2) is 8.42 Å². The third-order valence-corrected chi connectivity index (χ3v) is 7.45. The van der Waals surface area contributed by atoms with Crippen molar-refractivity contribution in [3.63, 3.8) is 0 Å². The highest BCUT2D eigenvalue weighted by molar-refractivity contribution is 7.89. The van der Waals surface area contributed by atoms with E-state index in [0.717, 1.165) is 22.5 Å². The fraction of sp³-hybridized carbons (Fsp3) is 0.333. The molecule has 0 aromatic heterocycles. The highest BCUT2D eigenvalue weighted by Crippen LogP contribution is 2.36. The average molecular weight is 469 g/mol. The van der Waals surface area contributed by atoms with Crippen molar-refractivity contribution in [1.29, 1.82) is 0 Å². The van der Waals surface area contributed by atoms with Gasteiger partial charge < -0.3 is 11.1 Å². The van der Waals surface area contributed by atoms with Gasteiger partial charge in [-0.2, -0.15) is 17.5 Å². The van der Waals surface area contributed by atoms with Gasteiger partial charge in [-0.15, -0.1) is 0 Å². The molecule has 0 radical (unpaired) electrons. The number of nitrogens with two attached hydrogens (primary N) is 1. The van der Waals surface area contributed by atoms with E-state index in [-0.39, 0.29) is 37.4 Å². The Morgan fingerprint density at radius 1 is 1.06 bits per heavy atom. The average Bonchev–Trinajstić information content (AvgIpc) is 2.74. The summed E-state index contributed by atoms with van der Waals surface area (Å²) in [6.45, 7) is 1.46. The molecule has 11 heteroatoms. The highest BCUT2D eigenvalue weighted by Gasteiger charge is 2.40. The van der Waals surface area contributed by atoms with E-state index >= 15 is 0 Å². The minimum absolute atomic E-state index is 0.0904. The molecule has 1 saturated heterocycles. The molecule has 3 N–H and O–H groups in total. The molecule has 1 aliphatic rings. The van der Waals surface area contributed by atoms with E-state index in [1.54, 1.807) is 19.1 Å². The quantitative estimate of drug-likeness (QED) is 0.701. The third-order valence-electron chi connectivity index (χ3n) is 5.49. The number of anilines is 1. The van der Waals surface area contributed by atoms with Gasteiger partial charge in [-0.3, -0.25) is 9.59 Å². The molecule has 0 saturated carbocycles. The molecule has 1 aliphatic heterocycles. The Morgan fingerprint density at radius 3 is 2.28 bits per heavy atom. The van der Waals surface area contributed by atoms with Crippen molar-refractivity contribution in [3.8, 4) is 0 Å². The summed E-state index contributed by atoms with van der Waals surface area (Å²) < 4.78 is 66.5. The molecule has 2 aromatic rings. The SMILES string of the molecule is Cc1c(NC(=O)C2CCN(S(=O)(=O)c3ccccc3C(F)(F)F)CC2)cccc1C(N)=O. The topological polar surface area (TPSA) is 110 Å². The monoisotopic (exact) mass is 469 g/mol. The molecule has 1 fully saturated rings. The van der Waals surface area contributed by atoms with Crippen molar-refractivity contribution in [2.45, 2.75) is 30.8 Å². The molecular formula is C21H22F3N3O4S. The van der Waals surface area contributed by atoms with E-state index in [2.05, 4.69) is 5.32 Å². The van der Waals surface area contributed by atoms with Crippen molar-refractivity contribution < 1.29 is 31.2 Å². The first-order valence-corrected chi connectivity index (χ1v) is 11.2. The minimum atomic E-state index is -4.81. The van der Waals surface area contributed by atoms with Crippen molar-refractivity contribution in [2.24, 2.45) is 11.7 Å². The Bertz CT molecular complexity index is 1140. The number of carbonyl (C=O) groups is 2. The van der Waals surface area contributed by atoms with Crippen LogP contribution in [0.1, 0.15) is 34.3 Å². The zero-order valence-corrected chi connectivity index (χ0v) is 18.0. The number of amides is 2. The second kappa shape index (κ2) is 8.91. The largest absolute Gasteiger partial charge is 0.417 e. The van der Waals surface area contributed by atoms with Crippen LogP contribution in [0.4, 0.5) is 18.9 Å². The van der Waals surface area contributed by atoms with Gasteiger partial charge in [0.2, 0.25) is 21.8 Å². The number of hydrogen-bond acceptors (Lipinski definition) is 4. The van der Waals surface area contributed by atoms with Crippen LogP contribution in [-0.2, 0) is 21.0 Å². The fourth-order valence-electron chi connectivity index (χ4n) is 3.70. The minimum Gasteiger partial charge on any atom is -0.366 e. The first-order chi connectivity index (χ1) is 14.9. The van der Waals surface area contributed by atoms with Gasteiger partial charge >= 0.3 is 6.18 Å². The van der Waals surface area contributed by atoms with Crippen molar-refractivity contribution in [2.75, 3.05) is 18.4 Å². The van der Waals surface area contributed by atoms with Crippen molar-refractivity contribution in [3.05, 3.63) is 59.2 Å². The van der Waals surface area contributed by atoms with Gasteiger partial charge in [-0.05, 0) is 49.6 Å². The number of benzene rings is 2. The molecule has 7 nitrogen and oxygen atoms in total. The summed E-state index contributed by atoms with van der Waals surface area (Å²) in [5.74, 6) is -1.52. The van der Waals surface area contributed by atoms with E-state index < -0.39 is 38.5 Å². The van der Waals surface area contributed by atoms with Gasteiger partial charge in [0.25, 0.3) is 0 Å². The Balaban J connectivity index is 1.71. The van der Waals surface area contributed by atoms with Gasteiger partial charge in [0.05, 0.1) is 10.5 Å². The maximum atomic E-state index is 13.3. The molecule has 3 rings (SSSR count). The van der Waals surface area contributed by atoms with Crippen LogP contribution < -0.4 is 11.1 Å². The lowest BCUT2D eigenvalue weighted by Gasteiger charge is -2.31. The third kappa shape index (κ3) is 4.78. The Labute approximate surface area is 183 Å². The molecule has 0 aliphatic carbocycles. The molecule has 1 heterocycles. The number of carbonyl (C=O) groups excluding carboxylic acids is 2. The zero-order valence-electron chi connectivity index (χ0n) is 17.1. The predicted octanol–water partition coefficient (Wildman–Crippen LogP) is 3.15. The van der Waals surface area contributed by atoms with E-state index in [1.807, 2.05) is 0 Å². The van der Waals surface area contributed by atoms with Gasteiger partial charge in [0.15, 0.2) is 0 Å². The Hall–Kier alpha value is -2.92. The molecule has 2 amide bonds. The van der Waals surface area contributed by atoms with Gasteiger partial charge in [-0.1, -0.05) is 18.2 Å². The number of rotatable bonds is 5. The van der Waals surface area contributed by atoms with Crippen molar-refractivity contribution in [1.82, 2.24) is 4.31 Å². The number of piperidine rings is 1. The molecule has 0 unspecified atom stereocenters. The molecule has 0 spiro atoms. The predicted molar refractivity (Wildman–Crippen MR) is 111 cm³/mol. The van der Waals surface area contributed by atoms with Gasteiger partial charge in [0.1, 0.15) is 0 Å². The normalized spacial score (nSPS) is 16.0. The molecule has 172 valence electrons. The second-order valence-corrected chi connectivity index (χ2v) is 9.41. The maximum Gasteiger partial charge on any atom is 0.417 e. The van der Waals surface area contributed by atoms with Crippen LogP contribution in [0, 0.1) is 12.8 Å². The zero-order chi connectivity index (χ0) is 23.7. The van der Waals surface area contributed by atoms with Gasteiger partial charge in [0, 0.05) is 30.3 Å². The summed E-state index contributed by atoms with van der Waals surface area (Å²) in [6, 6.07) is 8.78. The number of halogens is 3. The van der Waals surface area contributed by atoms with E-state index in [1.165, 1.54) is 12.1 Å². The van der Waals surface area contributed by atoms with Crippen molar-refractivity contribution >= 4 is 27.5 Å². The van der Waals surface area contributed by atoms with Crippen LogP contribution in [0.15, 0.2) is 47.4 Å². The number of hydrogen-bond donors (Lipinski definition) is 2. The second-order valence-electron chi connectivity index (χ2n) is 7.50. The van der Waals surface area contributed by atoms with Crippen LogP contribution >= 0.6 is 0 Å². The fourth-order valence-corrected chi connectivity index (χ4v) is 5.38. The Morgan fingerprint density at radius 2 is 1.69 bits per heavy atom. The molecule has 2 aromatic carbocycles. The van der Waals surface area contributed by atoms with E-state index in [0.29, 0.717) is 11.3 Å². The molecular weight excluding hydrogens is 447 g/mol. The summed E-state index contributed by atoms with van der Waals surface area (Å²) in [4.78, 5) is 23.3. The summed E-state index contributed by atoms with van der Waals surface area (Å²) in [5, 5.41) is 2.73. The molecule has 0 atom stereocenters. The number of nitrogens with zero attached hydrogens (tertiary/aromatic N) is 1. The lowest BCUT2D eigenvalue weighted by Crippen LogP contribution is -2.42. The maximum absolute atomic E-state index is 13.3.